The molecule has 0 aromatic heterocycles. The van der Waals surface area contributed by atoms with Crippen LogP contribution in [0.2, 0.25) is 0 Å². The highest BCUT2D eigenvalue weighted by molar-refractivity contribution is 5.86. The number of benzene rings is 2. The zero-order chi connectivity index (χ0) is 21.9. The van der Waals surface area contributed by atoms with Gasteiger partial charge < -0.3 is 4.90 Å². The Morgan fingerprint density at radius 1 is 0.781 bits per heavy atom. The molecule has 0 unspecified atom stereocenters. The fourth-order valence-electron chi connectivity index (χ4n) is 8.41. The number of hydrogen-bond donors (Lipinski definition) is 0. The lowest BCUT2D eigenvalue weighted by molar-refractivity contribution is -0.152. The van der Waals surface area contributed by atoms with Crippen LogP contribution in [0.1, 0.15) is 67.2 Å². The lowest BCUT2D eigenvalue weighted by atomic mass is 9.52. The Morgan fingerprint density at radius 2 is 1.25 bits per heavy atom. The van der Waals surface area contributed by atoms with Crippen LogP contribution in [0.25, 0.3) is 0 Å². The topological polar surface area (TPSA) is 20.3 Å². The molecule has 168 valence electrons. The van der Waals surface area contributed by atoms with Gasteiger partial charge in [0, 0.05) is 12.1 Å². The Bertz CT molecular complexity index is 954. The number of amides is 1. The second kappa shape index (κ2) is 7.47. The van der Waals surface area contributed by atoms with Gasteiger partial charge in [-0.05, 0) is 112 Å². The van der Waals surface area contributed by atoms with E-state index < -0.39 is 0 Å². The monoisotopic (exact) mass is 427 g/mol. The maximum Gasteiger partial charge on any atom is 0.229 e. The van der Waals surface area contributed by atoms with E-state index in [4.69, 9.17) is 0 Å². The van der Waals surface area contributed by atoms with Crippen LogP contribution in [0, 0.1) is 37.0 Å². The van der Waals surface area contributed by atoms with Crippen molar-refractivity contribution in [1.29, 1.82) is 0 Å². The van der Waals surface area contributed by atoms with Gasteiger partial charge in [-0.15, -0.1) is 0 Å². The fraction of sp³-hybridized carbons (Fsp3) is 0.567. The third-order valence-electron chi connectivity index (χ3n) is 9.67. The van der Waals surface area contributed by atoms with E-state index in [1.807, 2.05) is 0 Å². The van der Waals surface area contributed by atoms with E-state index in [9.17, 15) is 4.79 Å². The maximum atomic E-state index is 14.5. The minimum atomic E-state index is -0.304. The minimum Gasteiger partial charge on any atom is -0.336 e. The highest BCUT2D eigenvalue weighted by atomic mass is 16.2. The van der Waals surface area contributed by atoms with Crippen molar-refractivity contribution in [1.82, 2.24) is 4.90 Å². The summed E-state index contributed by atoms with van der Waals surface area (Å²) in [4.78, 5) is 16.9. The summed E-state index contributed by atoms with van der Waals surface area (Å²) in [7, 11) is 0. The van der Waals surface area contributed by atoms with E-state index in [1.165, 1.54) is 60.8 Å². The first-order chi connectivity index (χ1) is 15.5. The van der Waals surface area contributed by atoms with E-state index in [0.717, 1.165) is 43.6 Å². The highest BCUT2D eigenvalue weighted by Crippen LogP contribution is 2.59. The summed E-state index contributed by atoms with van der Waals surface area (Å²) in [6.07, 6.45) is 10.8. The van der Waals surface area contributed by atoms with Crippen LogP contribution in [0.5, 0.6) is 0 Å². The second-order valence-corrected chi connectivity index (χ2v) is 11.8. The first-order valence-electron chi connectivity index (χ1n) is 12.9. The molecule has 0 spiro atoms. The quantitative estimate of drug-likeness (QED) is 0.550. The summed E-state index contributed by atoms with van der Waals surface area (Å²) in [6, 6.07) is 17.4. The van der Waals surface area contributed by atoms with Crippen molar-refractivity contribution in [2.24, 2.45) is 23.2 Å². The fourth-order valence-corrected chi connectivity index (χ4v) is 8.41. The molecule has 2 heteroatoms. The second-order valence-electron chi connectivity index (χ2n) is 11.8. The lowest BCUT2D eigenvalue weighted by Gasteiger charge is -2.60. The van der Waals surface area contributed by atoms with Gasteiger partial charge in [0.05, 0.1) is 5.41 Å². The zero-order valence-corrected chi connectivity index (χ0v) is 19.8. The molecule has 0 atom stereocenters. The normalized spacial score (nSPS) is 32.6. The van der Waals surface area contributed by atoms with E-state index >= 15 is 0 Å². The molecule has 2 aromatic rings. The third-order valence-corrected chi connectivity index (χ3v) is 9.67. The Morgan fingerprint density at radius 3 is 1.72 bits per heavy atom. The van der Waals surface area contributed by atoms with Gasteiger partial charge in [0.15, 0.2) is 0 Å². The van der Waals surface area contributed by atoms with Gasteiger partial charge in [-0.2, -0.15) is 0 Å². The van der Waals surface area contributed by atoms with Gasteiger partial charge >= 0.3 is 0 Å². The van der Waals surface area contributed by atoms with E-state index in [-0.39, 0.29) is 11.0 Å². The Balaban J connectivity index is 1.37. The Labute approximate surface area is 193 Å². The lowest BCUT2D eigenvalue weighted by Crippen LogP contribution is -2.61. The molecule has 1 saturated heterocycles. The molecule has 1 heterocycles. The van der Waals surface area contributed by atoms with Gasteiger partial charge in [0.2, 0.25) is 5.91 Å². The average Bonchev–Trinajstić information content (AvgIpc) is 3.07. The summed E-state index contributed by atoms with van der Waals surface area (Å²) < 4.78 is 0. The molecule has 0 radical (unpaired) electrons. The van der Waals surface area contributed by atoms with Crippen LogP contribution in [0.15, 0.2) is 48.5 Å². The summed E-state index contributed by atoms with van der Waals surface area (Å²) in [5.41, 5.74) is 5.20. The summed E-state index contributed by atoms with van der Waals surface area (Å²) >= 11 is 0. The first-order valence-corrected chi connectivity index (χ1v) is 12.9. The Kier molecular flexibility index (Phi) is 4.79. The van der Waals surface area contributed by atoms with Crippen molar-refractivity contribution in [2.45, 2.75) is 77.2 Å². The van der Waals surface area contributed by atoms with Crippen LogP contribution in [-0.2, 0) is 17.6 Å². The molecule has 4 aliphatic carbocycles. The minimum absolute atomic E-state index is 0.172. The van der Waals surface area contributed by atoms with Crippen LogP contribution >= 0.6 is 0 Å². The van der Waals surface area contributed by atoms with Crippen molar-refractivity contribution in [2.75, 3.05) is 6.54 Å². The average molecular weight is 428 g/mol. The van der Waals surface area contributed by atoms with Crippen molar-refractivity contribution in [3.63, 3.8) is 0 Å². The van der Waals surface area contributed by atoms with Crippen molar-refractivity contribution in [3.8, 4) is 0 Å². The molecule has 2 aromatic carbocycles. The number of rotatable bonds is 5. The van der Waals surface area contributed by atoms with Crippen molar-refractivity contribution < 1.29 is 4.79 Å². The predicted molar refractivity (Wildman–Crippen MR) is 129 cm³/mol. The molecule has 0 N–H and O–H groups in total. The summed E-state index contributed by atoms with van der Waals surface area (Å²) in [6.45, 7) is 5.36. The summed E-state index contributed by atoms with van der Waals surface area (Å²) in [5.74, 6) is 3.08. The number of likely N-dealkylation sites (tertiary alicyclic amines) is 1. The van der Waals surface area contributed by atoms with Crippen LogP contribution in [0.3, 0.4) is 0 Å². The largest absolute Gasteiger partial charge is 0.336 e. The van der Waals surface area contributed by atoms with Gasteiger partial charge in [0.25, 0.3) is 0 Å². The van der Waals surface area contributed by atoms with Crippen molar-refractivity contribution >= 4 is 5.91 Å². The molecule has 1 amide bonds. The molecule has 4 saturated carbocycles. The van der Waals surface area contributed by atoms with Gasteiger partial charge in [-0.25, -0.2) is 0 Å². The molecule has 5 fully saturated rings. The van der Waals surface area contributed by atoms with Gasteiger partial charge in [-0.1, -0.05) is 48.5 Å². The molecule has 4 bridgehead atoms. The SMILES string of the molecule is Cc1ccccc1CC1(Cc2ccccc2C)CCN(C23CC4CC(CC(C4)C2)C3)C1=O. The molecule has 32 heavy (non-hydrogen) atoms. The third kappa shape index (κ3) is 3.25. The molecular weight excluding hydrogens is 390 g/mol. The Hall–Kier alpha value is -2.09. The number of hydrogen-bond acceptors (Lipinski definition) is 1. The molecule has 7 rings (SSSR count). The molecule has 5 aliphatic rings. The maximum absolute atomic E-state index is 14.5. The summed E-state index contributed by atoms with van der Waals surface area (Å²) in [5, 5.41) is 0. The van der Waals surface area contributed by atoms with E-state index in [0.29, 0.717) is 5.91 Å². The standard InChI is InChI=1S/C30H37NO/c1-21-7-3-5-9-26(21)19-29(20-27-10-6-4-8-22(27)2)11-12-31(28(29)32)30-16-23-13-24(17-30)15-25(14-23)18-30/h3-10,23-25H,11-20H2,1-2H3. The van der Waals surface area contributed by atoms with Gasteiger partial charge in [-0.3, -0.25) is 4.79 Å². The van der Waals surface area contributed by atoms with E-state index in [1.54, 1.807) is 0 Å². The number of aryl methyl sites for hydroxylation is 2. The highest BCUT2D eigenvalue weighted by Gasteiger charge is 2.59. The van der Waals surface area contributed by atoms with Crippen LogP contribution < -0.4 is 0 Å². The van der Waals surface area contributed by atoms with Crippen LogP contribution in [0.4, 0.5) is 0 Å². The van der Waals surface area contributed by atoms with Gasteiger partial charge in [0.1, 0.15) is 0 Å². The van der Waals surface area contributed by atoms with E-state index in [2.05, 4.69) is 67.3 Å². The zero-order valence-electron chi connectivity index (χ0n) is 19.8. The number of nitrogens with zero attached hydrogens (tertiary/aromatic N) is 1. The van der Waals surface area contributed by atoms with Crippen LogP contribution in [-0.4, -0.2) is 22.9 Å². The molecule has 1 aliphatic heterocycles. The number of carbonyl (C=O) groups excluding carboxylic acids is 1. The smallest absolute Gasteiger partial charge is 0.229 e. The first kappa shape index (κ1) is 20.5. The molecule has 2 nitrogen and oxygen atoms in total. The van der Waals surface area contributed by atoms with Crippen molar-refractivity contribution in [3.05, 3.63) is 70.8 Å². The predicted octanol–water partition coefficient (Wildman–Crippen LogP) is 6.28. The number of carbonyl (C=O) groups is 1. The molecular formula is C30H37NO.